The molecule has 0 amide bonds. The zero-order valence-electron chi connectivity index (χ0n) is 12.6. The first-order valence-electron chi connectivity index (χ1n) is 7.35. The maximum absolute atomic E-state index is 10.00. The highest BCUT2D eigenvalue weighted by atomic mass is 32.1. The quantitative estimate of drug-likeness (QED) is 0.785. The second kappa shape index (κ2) is 8.17. The van der Waals surface area contributed by atoms with Gasteiger partial charge in [-0.2, -0.15) is 0 Å². The van der Waals surface area contributed by atoms with Gasteiger partial charge in [0, 0.05) is 17.5 Å². The molecular weight excluding hydrogens is 282 g/mol. The third-order valence-corrected chi connectivity index (χ3v) is 4.43. The van der Waals surface area contributed by atoms with Crippen molar-refractivity contribution in [3.8, 4) is 5.75 Å². The maximum atomic E-state index is 10.00. The third-order valence-electron chi connectivity index (χ3n) is 3.38. The fourth-order valence-corrected chi connectivity index (χ4v) is 2.82. The van der Waals surface area contributed by atoms with Crippen LogP contribution in [0.15, 0.2) is 41.8 Å². The van der Waals surface area contributed by atoms with E-state index in [1.54, 1.807) is 11.3 Å². The summed E-state index contributed by atoms with van der Waals surface area (Å²) >= 11 is 1.72. The molecule has 114 valence electrons. The second-order valence-corrected chi connectivity index (χ2v) is 6.09. The van der Waals surface area contributed by atoms with Crippen LogP contribution in [0.3, 0.4) is 0 Å². The number of hydrogen-bond donors (Lipinski definition) is 2. The highest BCUT2D eigenvalue weighted by Crippen LogP contribution is 2.18. The Morgan fingerprint density at radius 3 is 2.86 bits per heavy atom. The Morgan fingerprint density at radius 1 is 1.29 bits per heavy atom. The number of hydrogen-bond acceptors (Lipinski definition) is 4. The average molecular weight is 305 g/mol. The number of thiophene rings is 1. The van der Waals surface area contributed by atoms with E-state index in [0.717, 1.165) is 12.2 Å². The smallest absolute Gasteiger partial charge is 0.119 e. The zero-order valence-corrected chi connectivity index (χ0v) is 13.4. The molecule has 2 aromatic rings. The van der Waals surface area contributed by atoms with Crippen LogP contribution in [0, 0.1) is 0 Å². The average Bonchev–Trinajstić information content (AvgIpc) is 3.05. The molecule has 0 spiro atoms. The third kappa shape index (κ3) is 5.16. The van der Waals surface area contributed by atoms with Gasteiger partial charge in [0.25, 0.3) is 0 Å². The topological polar surface area (TPSA) is 41.5 Å². The van der Waals surface area contributed by atoms with E-state index >= 15 is 0 Å². The first-order valence-corrected chi connectivity index (χ1v) is 8.23. The molecule has 0 aliphatic heterocycles. The zero-order chi connectivity index (χ0) is 15.1. The van der Waals surface area contributed by atoms with Gasteiger partial charge in [-0.15, -0.1) is 11.3 Å². The Bertz CT molecular complexity index is 527. The molecule has 1 aromatic heterocycles. The van der Waals surface area contributed by atoms with E-state index in [1.807, 2.05) is 24.3 Å². The van der Waals surface area contributed by atoms with Crippen LogP contribution < -0.4 is 10.1 Å². The maximum Gasteiger partial charge on any atom is 0.119 e. The van der Waals surface area contributed by atoms with Gasteiger partial charge in [-0.05, 0) is 42.5 Å². The van der Waals surface area contributed by atoms with E-state index in [9.17, 15) is 5.11 Å². The Kier molecular flexibility index (Phi) is 6.23. The van der Waals surface area contributed by atoms with Gasteiger partial charge in [0.2, 0.25) is 0 Å². The minimum absolute atomic E-state index is 0.253. The summed E-state index contributed by atoms with van der Waals surface area (Å²) < 4.78 is 5.65. The summed E-state index contributed by atoms with van der Waals surface area (Å²) in [6, 6.07) is 12.4. The summed E-state index contributed by atoms with van der Waals surface area (Å²) in [5.74, 6) is 0.819. The standard InChI is InChI=1S/C17H23NO2S/c1-3-14-6-4-7-16(10-14)20-12-15(19)11-18-13(2)17-8-5-9-21-17/h4-10,13,15,18-19H,3,11-12H2,1-2H3/t13-,15?/m0/s1. The van der Waals surface area contributed by atoms with Crippen molar-refractivity contribution in [3.05, 3.63) is 52.2 Å². The normalized spacial score (nSPS) is 13.9. The molecule has 3 nitrogen and oxygen atoms in total. The van der Waals surface area contributed by atoms with Crippen LogP contribution in [0.5, 0.6) is 5.75 Å². The number of nitrogens with one attached hydrogen (secondary N) is 1. The van der Waals surface area contributed by atoms with Crippen LogP contribution >= 0.6 is 11.3 Å². The van der Waals surface area contributed by atoms with E-state index in [2.05, 4.69) is 36.7 Å². The molecule has 2 atom stereocenters. The van der Waals surface area contributed by atoms with Crippen LogP contribution in [-0.4, -0.2) is 24.4 Å². The fraction of sp³-hybridized carbons (Fsp3) is 0.412. The highest BCUT2D eigenvalue weighted by molar-refractivity contribution is 7.10. The first-order chi connectivity index (χ1) is 10.2. The lowest BCUT2D eigenvalue weighted by atomic mass is 10.2. The van der Waals surface area contributed by atoms with Crippen LogP contribution in [0.2, 0.25) is 0 Å². The molecule has 0 saturated carbocycles. The van der Waals surface area contributed by atoms with E-state index in [1.165, 1.54) is 10.4 Å². The van der Waals surface area contributed by atoms with Crippen LogP contribution in [-0.2, 0) is 6.42 Å². The molecule has 21 heavy (non-hydrogen) atoms. The lowest BCUT2D eigenvalue weighted by Gasteiger charge is -2.17. The van der Waals surface area contributed by atoms with Gasteiger partial charge < -0.3 is 15.2 Å². The summed E-state index contributed by atoms with van der Waals surface area (Å²) in [6.45, 7) is 5.04. The van der Waals surface area contributed by atoms with Crippen molar-refractivity contribution >= 4 is 11.3 Å². The van der Waals surface area contributed by atoms with Crippen molar-refractivity contribution in [2.24, 2.45) is 0 Å². The molecule has 0 radical (unpaired) electrons. The number of rotatable bonds is 8. The molecule has 1 unspecified atom stereocenters. The number of aliphatic hydroxyl groups excluding tert-OH is 1. The molecule has 0 saturated heterocycles. The van der Waals surface area contributed by atoms with E-state index in [0.29, 0.717) is 13.2 Å². The van der Waals surface area contributed by atoms with E-state index < -0.39 is 6.10 Å². The molecule has 0 fully saturated rings. The van der Waals surface area contributed by atoms with Crippen molar-refractivity contribution in [1.82, 2.24) is 5.32 Å². The monoisotopic (exact) mass is 305 g/mol. The molecular formula is C17H23NO2S. The van der Waals surface area contributed by atoms with E-state index in [-0.39, 0.29) is 6.04 Å². The first kappa shape index (κ1) is 16.0. The van der Waals surface area contributed by atoms with Gasteiger partial charge in [0.1, 0.15) is 18.5 Å². The van der Waals surface area contributed by atoms with Crippen molar-refractivity contribution in [3.63, 3.8) is 0 Å². The Hall–Kier alpha value is -1.36. The summed E-state index contributed by atoms with van der Waals surface area (Å²) in [5, 5.41) is 15.4. The van der Waals surface area contributed by atoms with Gasteiger partial charge >= 0.3 is 0 Å². The molecule has 4 heteroatoms. The number of benzene rings is 1. The fourth-order valence-electron chi connectivity index (χ4n) is 2.06. The van der Waals surface area contributed by atoms with Crippen molar-refractivity contribution in [1.29, 1.82) is 0 Å². The van der Waals surface area contributed by atoms with Crippen LogP contribution in [0.4, 0.5) is 0 Å². The Morgan fingerprint density at radius 2 is 2.14 bits per heavy atom. The van der Waals surface area contributed by atoms with Crippen molar-refractivity contribution < 1.29 is 9.84 Å². The second-order valence-electron chi connectivity index (χ2n) is 5.11. The van der Waals surface area contributed by atoms with Crippen molar-refractivity contribution in [2.75, 3.05) is 13.2 Å². The predicted molar refractivity (Wildman–Crippen MR) is 88.1 cm³/mol. The number of aliphatic hydroxyl groups is 1. The molecule has 2 N–H and O–H groups in total. The minimum atomic E-state index is -0.516. The van der Waals surface area contributed by atoms with Gasteiger partial charge in [-0.1, -0.05) is 25.1 Å². The summed E-state index contributed by atoms with van der Waals surface area (Å²) in [4.78, 5) is 1.28. The summed E-state index contributed by atoms with van der Waals surface area (Å²) in [7, 11) is 0. The lowest BCUT2D eigenvalue weighted by Crippen LogP contribution is -2.32. The summed E-state index contributed by atoms with van der Waals surface area (Å²) in [5.41, 5.74) is 1.24. The minimum Gasteiger partial charge on any atom is -0.491 e. The van der Waals surface area contributed by atoms with Gasteiger partial charge in [-0.3, -0.25) is 0 Å². The highest BCUT2D eigenvalue weighted by Gasteiger charge is 2.10. The molecule has 0 bridgehead atoms. The Balaban J connectivity index is 1.73. The molecule has 0 aliphatic carbocycles. The van der Waals surface area contributed by atoms with Crippen LogP contribution in [0.1, 0.15) is 30.3 Å². The van der Waals surface area contributed by atoms with E-state index in [4.69, 9.17) is 4.74 Å². The molecule has 2 rings (SSSR count). The van der Waals surface area contributed by atoms with Crippen LogP contribution in [0.25, 0.3) is 0 Å². The van der Waals surface area contributed by atoms with Crippen molar-refractivity contribution in [2.45, 2.75) is 32.4 Å². The molecule has 1 aromatic carbocycles. The Labute approximate surface area is 130 Å². The SMILES string of the molecule is CCc1cccc(OCC(O)CN[C@@H](C)c2cccs2)c1. The molecule has 1 heterocycles. The van der Waals surface area contributed by atoms with Gasteiger partial charge in [0.15, 0.2) is 0 Å². The van der Waals surface area contributed by atoms with Gasteiger partial charge in [0.05, 0.1) is 0 Å². The summed E-state index contributed by atoms with van der Waals surface area (Å²) in [6.07, 6.45) is 0.470. The largest absolute Gasteiger partial charge is 0.491 e. The van der Waals surface area contributed by atoms with Gasteiger partial charge in [-0.25, -0.2) is 0 Å². The number of ether oxygens (including phenoxy) is 1. The molecule has 0 aliphatic rings. The predicted octanol–water partition coefficient (Wildman–Crippen LogP) is 3.40. The lowest BCUT2D eigenvalue weighted by molar-refractivity contribution is 0.104. The number of aryl methyl sites for hydroxylation is 1.